The molecule has 0 fully saturated rings. The Kier molecular flexibility index (Phi) is 9.16. The topological polar surface area (TPSA) is 95.5 Å². The van der Waals surface area contributed by atoms with Crippen molar-refractivity contribution in [3.05, 3.63) is 35.9 Å². The number of rotatable bonds is 10. The lowest BCUT2D eigenvalue weighted by atomic mass is 10.1. The van der Waals surface area contributed by atoms with E-state index in [1.165, 1.54) is 11.8 Å². The minimum absolute atomic E-state index is 0.199. The second kappa shape index (κ2) is 10.9. The second-order valence-electron chi connectivity index (χ2n) is 4.66. The summed E-state index contributed by atoms with van der Waals surface area (Å²) in [6.07, 6.45) is 0.290. The van der Waals surface area contributed by atoms with Crippen molar-refractivity contribution in [2.45, 2.75) is 12.5 Å². The summed E-state index contributed by atoms with van der Waals surface area (Å²) < 4.78 is 0. The van der Waals surface area contributed by atoms with Gasteiger partial charge in [0.05, 0.1) is 5.75 Å². The first-order valence-electron chi connectivity index (χ1n) is 6.99. The highest BCUT2D eigenvalue weighted by atomic mass is 35.5. The fourth-order valence-corrected chi connectivity index (χ4v) is 2.65. The number of carbonyl (C=O) groups excluding carboxylic acids is 2. The van der Waals surface area contributed by atoms with E-state index in [1.807, 2.05) is 30.3 Å². The molecule has 0 unspecified atom stereocenters. The van der Waals surface area contributed by atoms with Gasteiger partial charge < -0.3 is 15.7 Å². The molecule has 0 aliphatic heterocycles. The van der Waals surface area contributed by atoms with Crippen LogP contribution in [-0.2, 0) is 20.8 Å². The van der Waals surface area contributed by atoms with Crippen molar-refractivity contribution in [3.8, 4) is 0 Å². The molecular weight excluding hydrogens is 340 g/mol. The maximum Gasteiger partial charge on any atom is 0.322 e. The van der Waals surface area contributed by atoms with Gasteiger partial charge in [-0.05, 0) is 5.56 Å². The molecule has 1 atom stereocenters. The summed E-state index contributed by atoms with van der Waals surface area (Å²) in [4.78, 5) is 34.6. The van der Waals surface area contributed by atoms with Gasteiger partial charge in [0.15, 0.2) is 0 Å². The summed E-state index contributed by atoms with van der Waals surface area (Å²) in [5.74, 6) is -0.655. The van der Waals surface area contributed by atoms with Crippen molar-refractivity contribution in [1.29, 1.82) is 0 Å². The molecule has 0 aliphatic rings. The number of nitrogens with one attached hydrogen (secondary N) is 2. The molecule has 0 saturated carbocycles. The maximum atomic E-state index is 12.1. The standard InChI is InChI=1S/C15H19ClN2O4S/c16-6-7-23-10-13(19)18-12(15(22)17-9-14(20)21)8-11-4-2-1-3-5-11/h1-5,12H,6-10H2,(H,17,22)(H,18,19)(H,20,21)/t12-/m0/s1. The molecule has 0 radical (unpaired) electrons. The molecule has 0 aromatic heterocycles. The highest BCUT2D eigenvalue weighted by Gasteiger charge is 2.21. The molecule has 3 N–H and O–H groups in total. The van der Waals surface area contributed by atoms with Gasteiger partial charge in [-0.1, -0.05) is 30.3 Å². The number of carboxylic acid groups (broad SMARTS) is 1. The molecule has 2 amide bonds. The highest BCUT2D eigenvalue weighted by Crippen LogP contribution is 2.05. The predicted molar refractivity (Wildman–Crippen MR) is 90.8 cm³/mol. The Balaban J connectivity index is 2.65. The van der Waals surface area contributed by atoms with Crippen LogP contribution < -0.4 is 10.6 Å². The number of carbonyl (C=O) groups is 3. The SMILES string of the molecule is O=C(O)CNC(=O)[C@H](Cc1ccccc1)NC(=O)CSCCCl. The van der Waals surface area contributed by atoms with E-state index in [0.29, 0.717) is 11.6 Å². The first-order chi connectivity index (χ1) is 11.0. The lowest BCUT2D eigenvalue weighted by molar-refractivity contribution is -0.138. The van der Waals surface area contributed by atoms with Gasteiger partial charge in [-0.2, -0.15) is 11.8 Å². The smallest absolute Gasteiger partial charge is 0.322 e. The lowest BCUT2D eigenvalue weighted by Crippen LogP contribution is -2.49. The van der Waals surface area contributed by atoms with Gasteiger partial charge in [-0.25, -0.2) is 0 Å². The van der Waals surface area contributed by atoms with Crippen molar-refractivity contribution < 1.29 is 19.5 Å². The van der Waals surface area contributed by atoms with E-state index in [4.69, 9.17) is 16.7 Å². The summed E-state index contributed by atoms with van der Waals surface area (Å²) in [5.41, 5.74) is 0.872. The number of aliphatic carboxylic acids is 1. The van der Waals surface area contributed by atoms with Gasteiger partial charge in [0.1, 0.15) is 12.6 Å². The number of hydrogen-bond donors (Lipinski definition) is 3. The van der Waals surface area contributed by atoms with Crippen LogP contribution in [0.3, 0.4) is 0 Å². The zero-order valence-electron chi connectivity index (χ0n) is 12.5. The summed E-state index contributed by atoms with van der Waals surface area (Å²) >= 11 is 6.92. The van der Waals surface area contributed by atoms with Gasteiger partial charge in [-0.15, -0.1) is 11.6 Å². The molecule has 1 aromatic rings. The monoisotopic (exact) mass is 358 g/mol. The predicted octanol–water partition coefficient (Wildman–Crippen LogP) is 0.887. The second-order valence-corrected chi connectivity index (χ2v) is 6.15. The Bertz CT molecular complexity index is 527. The van der Waals surface area contributed by atoms with E-state index in [2.05, 4.69) is 10.6 Å². The van der Waals surface area contributed by atoms with Crippen LogP contribution in [-0.4, -0.2) is 52.9 Å². The fourth-order valence-electron chi connectivity index (χ4n) is 1.80. The van der Waals surface area contributed by atoms with Gasteiger partial charge in [0.25, 0.3) is 0 Å². The quantitative estimate of drug-likeness (QED) is 0.426. The normalized spacial score (nSPS) is 11.5. The number of alkyl halides is 1. The van der Waals surface area contributed by atoms with Crippen LogP contribution in [0.25, 0.3) is 0 Å². The van der Waals surface area contributed by atoms with Crippen LogP contribution in [0, 0.1) is 0 Å². The number of benzene rings is 1. The van der Waals surface area contributed by atoms with E-state index in [-0.39, 0.29) is 18.1 Å². The zero-order chi connectivity index (χ0) is 17.1. The Morgan fingerprint density at radius 1 is 1.22 bits per heavy atom. The lowest BCUT2D eigenvalue weighted by Gasteiger charge is -2.18. The maximum absolute atomic E-state index is 12.1. The summed E-state index contributed by atoms with van der Waals surface area (Å²) in [6, 6.07) is 8.38. The number of hydrogen-bond acceptors (Lipinski definition) is 4. The van der Waals surface area contributed by atoms with Crippen LogP contribution in [0.1, 0.15) is 5.56 Å². The van der Waals surface area contributed by atoms with E-state index < -0.39 is 24.5 Å². The van der Waals surface area contributed by atoms with Crippen molar-refractivity contribution in [2.75, 3.05) is 23.9 Å². The molecule has 6 nitrogen and oxygen atoms in total. The Hall–Kier alpha value is -1.73. The highest BCUT2D eigenvalue weighted by molar-refractivity contribution is 8.00. The van der Waals surface area contributed by atoms with Gasteiger partial charge >= 0.3 is 5.97 Å². The van der Waals surface area contributed by atoms with Crippen molar-refractivity contribution >= 4 is 41.1 Å². The van der Waals surface area contributed by atoms with Crippen LogP contribution in [0.15, 0.2) is 30.3 Å². The average molecular weight is 359 g/mol. The number of carboxylic acids is 1. The number of halogens is 1. The first-order valence-corrected chi connectivity index (χ1v) is 8.68. The molecular formula is C15H19ClN2O4S. The van der Waals surface area contributed by atoms with Crippen LogP contribution in [0.2, 0.25) is 0 Å². The van der Waals surface area contributed by atoms with Gasteiger partial charge in [0.2, 0.25) is 11.8 Å². The molecule has 23 heavy (non-hydrogen) atoms. The van der Waals surface area contributed by atoms with Gasteiger partial charge in [0, 0.05) is 18.1 Å². The molecule has 1 rings (SSSR count). The fraction of sp³-hybridized carbons (Fsp3) is 0.400. The van der Waals surface area contributed by atoms with Crippen molar-refractivity contribution in [2.24, 2.45) is 0 Å². The van der Waals surface area contributed by atoms with E-state index in [1.54, 1.807) is 0 Å². The molecule has 0 saturated heterocycles. The molecule has 0 heterocycles. The third kappa shape index (κ3) is 8.47. The number of amides is 2. The largest absolute Gasteiger partial charge is 0.480 e. The Morgan fingerprint density at radius 3 is 2.52 bits per heavy atom. The third-order valence-corrected chi connectivity index (χ3v) is 4.18. The zero-order valence-corrected chi connectivity index (χ0v) is 14.0. The Labute approximate surface area is 144 Å². The van der Waals surface area contributed by atoms with Gasteiger partial charge in [-0.3, -0.25) is 14.4 Å². The molecule has 0 spiro atoms. The summed E-state index contributed by atoms with van der Waals surface area (Å²) in [6.45, 7) is -0.485. The first kappa shape index (κ1) is 19.3. The minimum atomic E-state index is -1.14. The van der Waals surface area contributed by atoms with Crippen molar-refractivity contribution in [1.82, 2.24) is 10.6 Å². The molecule has 0 bridgehead atoms. The average Bonchev–Trinajstić information content (AvgIpc) is 2.53. The number of thioether (sulfide) groups is 1. The van der Waals surface area contributed by atoms with Crippen LogP contribution in [0.4, 0.5) is 0 Å². The molecule has 8 heteroatoms. The van der Waals surface area contributed by atoms with E-state index in [9.17, 15) is 14.4 Å². The van der Waals surface area contributed by atoms with E-state index in [0.717, 1.165) is 5.56 Å². The van der Waals surface area contributed by atoms with Crippen LogP contribution >= 0.6 is 23.4 Å². The molecule has 0 aliphatic carbocycles. The third-order valence-electron chi connectivity index (χ3n) is 2.80. The van der Waals surface area contributed by atoms with Crippen molar-refractivity contribution in [3.63, 3.8) is 0 Å². The molecule has 1 aromatic carbocycles. The van der Waals surface area contributed by atoms with E-state index >= 15 is 0 Å². The summed E-state index contributed by atoms with van der Waals surface area (Å²) in [5, 5.41) is 13.6. The minimum Gasteiger partial charge on any atom is -0.480 e. The van der Waals surface area contributed by atoms with Crippen LogP contribution in [0.5, 0.6) is 0 Å². The Morgan fingerprint density at radius 2 is 1.91 bits per heavy atom. The molecule has 126 valence electrons. The summed E-state index contributed by atoms with van der Waals surface area (Å²) in [7, 11) is 0.